The van der Waals surface area contributed by atoms with E-state index in [4.69, 9.17) is 0 Å². The van der Waals surface area contributed by atoms with Crippen molar-refractivity contribution in [2.24, 2.45) is 46.8 Å². The molecule has 0 heterocycles. The van der Waals surface area contributed by atoms with Gasteiger partial charge in [0, 0.05) is 11.8 Å². The Bertz CT molecular complexity index is 575. The van der Waals surface area contributed by atoms with Gasteiger partial charge in [0.05, 0.1) is 0 Å². The lowest BCUT2D eigenvalue weighted by Gasteiger charge is -2.68. The zero-order valence-electron chi connectivity index (χ0n) is 15.4. The van der Waals surface area contributed by atoms with E-state index in [1.54, 1.807) is 5.57 Å². The summed E-state index contributed by atoms with van der Waals surface area (Å²) in [5, 5.41) is 0. The van der Waals surface area contributed by atoms with Crippen molar-refractivity contribution in [1.29, 1.82) is 0 Å². The van der Waals surface area contributed by atoms with Crippen molar-refractivity contribution < 1.29 is 4.39 Å². The van der Waals surface area contributed by atoms with Gasteiger partial charge in [0.15, 0.2) is 0 Å². The van der Waals surface area contributed by atoms with Crippen LogP contribution in [-0.2, 0) is 0 Å². The molecule has 0 amide bonds. The van der Waals surface area contributed by atoms with Crippen molar-refractivity contribution in [3.63, 3.8) is 0 Å². The quantitative estimate of drug-likeness (QED) is 0.565. The number of rotatable bonds is 4. The fourth-order valence-electron chi connectivity index (χ4n) is 7.88. The summed E-state index contributed by atoms with van der Waals surface area (Å²) >= 11 is 0. The first kappa shape index (κ1) is 15.6. The molecule has 0 saturated heterocycles. The summed E-state index contributed by atoms with van der Waals surface area (Å²) in [5.41, 5.74) is 1.94. The van der Waals surface area contributed by atoms with Gasteiger partial charge in [-0.2, -0.15) is 0 Å². The topological polar surface area (TPSA) is 0 Å². The van der Waals surface area contributed by atoms with Crippen LogP contribution in [0.15, 0.2) is 23.8 Å². The molecule has 0 aromatic carbocycles. The summed E-state index contributed by atoms with van der Waals surface area (Å²) < 4.78 is 13.7. The number of hydrogen-bond acceptors (Lipinski definition) is 0. The van der Waals surface area contributed by atoms with E-state index in [2.05, 4.69) is 26.0 Å². The Balaban J connectivity index is 1.53. The second kappa shape index (κ2) is 5.45. The Morgan fingerprint density at radius 3 is 2.67 bits per heavy atom. The van der Waals surface area contributed by atoms with E-state index in [1.165, 1.54) is 44.9 Å². The highest BCUT2D eigenvalue weighted by atomic mass is 19.1. The van der Waals surface area contributed by atoms with Crippen LogP contribution in [0.1, 0.15) is 65.2 Å². The van der Waals surface area contributed by atoms with Gasteiger partial charge in [-0.05, 0) is 85.5 Å². The molecule has 0 spiro atoms. The molecule has 5 rings (SSSR count). The van der Waals surface area contributed by atoms with Gasteiger partial charge in [0.25, 0.3) is 0 Å². The van der Waals surface area contributed by atoms with E-state index in [0.29, 0.717) is 11.8 Å². The lowest BCUT2D eigenvalue weighted by atomic mass is 9.36. The first-order valence-corrected chi connectivity index (χ1v) is 10.7. The van der Waals surface area contributed by atoms with Gasteiger partial charge in [-0.15, -0.1) is 0 Å². The van der Waals surface area contributed by atoms with Gasteiger partial charge < -0.3 is 0 Å². The highest BCUT2D eigenvalue weighted by Crippen LogP contribution is 2.75. The van der Waals surface area contributed by atoms with Crippen LogP contribution < -0.4 is 0 Å². The third kappa shape index (κ3) is 1.91. The fourth-order valence-corrected chi connectivity index (χ4v) is 7.88. The van der Waals surface area contributed by atoms with Gasteiger partial charge in [0.2, 0.25) is 0 Å². The molecule has 4 fully saturated rings. The van der Waals surface area contributed by atoms with Gasteiger partial charge >= 0.3 is 0 Å². The van der Waals surface area contributed by atoms with Crippen LogP contribution in [0.3, 0.4) is 0 Å². The Hall–Kier alpha value is -0.590. The van der Waals surface area contributed by atoms with E-state index in [1.807, 2.05) is 6.08 Å². The van der Waals surface area contributed by atoms with Crippen LogP contribution in [0.5, 0.6) is 0 Å². The minimum Gasteiger partial charge on any atom is -0.243 e. The van der Waals surface area contributed by atoms with Crippen LogP contribution in [0.4, 0.5) is 4.39 Å². The monoisotopic (exact) mass is 328 g/mol. The molecule has 5 aliphatic carbocycles. The first-order chi connectivity index (χ1) is 11.6. The lowest BCUT2D eigenvalue weighted by molar-refractivity contribution is -0.185. The van der Waals surface area contributed by atoms with Crippen molar-refractivity contribution in [3.05, 3.63) is 23.8 Å². The zero-order valence-corrected chi connectivity index (χ0v) is 15.4. The van der Waals surface area contributed by atoms with E-state index >= 15 is 0 Å². The van der Waals surface area contributed by atoms with Crippen LogP contribution in [0, 0.1) is 46.8 Å². The van der Waals surface area contributed by atoms with Gasteiger partial charge in [0.1, 0.15) is 6.17 Å². The number of halogens is 1. The average molecular weight is 329 g/mol. The van der Waals surface area contributed by atoms with Crippen LogP contribution in [0.2, 0.25) is 0 Å². The van der Waals surface area contributed by atoms with Gasteiger partial charge in [-0.25, -0.2) is 4.39 Å². The molecule has 0 N–H and O–H groups in total. The predicted molar refractivity (Wildman–Crippen MR) is 97.3 cm³/mol. The molecule has 5 aliphatic rings. The Kier molecular flexibility index (Phi) is 3.55. The van der Waals surface area contributed by atoms with Crippen molar-refractivity contribution >= 4 is 0 Å². The number of fused-ring (bicyclic) bond motifs is 7. The maximum Gasteiger partial charge on any atom is 0.122 e. The number of allylic oxidation sites excluding steroid dienone is 4. The Morgan fingerprint density at radius 1 is 1.17 bits per heavy atom. The molecule has 0 nitrogen and oxygen atoms in total. The van der Waals surface area contributed by atoms with Crippen molar-refractivity contribution in [2.45, 2.75) is 71.4 Å². The smallest absolute Gasteiger partial charge is 0.122 e. The molecule has 4 saturated carbocycles. The molecule has 2 bridgehead atoms. The largest absolute Gasteiger partial charge is 0.243 e. The summed E-state index contributed by atoms with van der Waals surface area (Å²) in [4.78, 5) is 0. The van der Waals surface area contributed by atoms with E-state index in [0.717, 1.165) is 41.4 Å². The normalized spacial score (nSPS) is 52.6. The molecule has 1 heteroatoms. The second-order valence-electron chi connectivity index (χ2n) is 9.79. The minimum atomic E-state index is -0.747. The molecule has 132 valence electrons. The molecular formula is C23H33F. The third-order valence-electron chi connectivity index (χ3n) is 9.13. The van der Waals surface area contributed by atoms with Crippen LogP contribution in [-0.4, -0.2) is 6.17 Å². The maximum atomic E-state index is 13.7. The number of alkyl halides is 1. The lowest BCUT2D eigenvalue weighted by Crippen LogP contribution is -2.62. The second-order valence-corrected chi connectivity index (χ2v) is 9.79. The number of hydrogen-bond donors (Lipinski definition) is 0. The van der Waals surface area contributed by atoms with Gasteiger partial charge in [-0.3, -0.25) is 0 Å². The molecule has 9 atom stereocenters. The molecule has 0 aliphatic heterocycles. The van der Waals surface area contributed by atoms with Crippen LogP contribution in [0.25, 0.3) is 0 Å². The molecule has 24 heavy (non-hydrogen) atoms. The predicted octanol–water partition coefficient (Wildman–Crippen LogP) is 6.34. The molecule has 0 radical (unpaired) electrons. The maximum absolute atomic E-state index is 13.7. The van der Waals surface area contributed by atoms with Crippen molar-refractivity contribution in [3.8, 4) is 0 Å². The van der Waals surface area contributed by atoms with E-state index in [9.17, 15) is 4.39 Å². The molecule has 0 aromatic heterocycles. The Labute approximate surface area is 147 Å². The summed E-state index contributed by atoms with van der Waals surface area (Å²) in [6.45, 7) is 4.80. The molecule has 0 aromatic rings. The van der Waals surface area contributed by atoms with E-state index in [-0.39, 0.29) is 0 Å². The van der Waals surface area contributed by atoms with Gasteiger partial charge in [-0.1, -0.05) is 38.5 Å². The molecular weight excluding hydrogens is 295 g/mol. The van der Waals surface area contributed by atoms with E-state index < -0.39 is 6.17 Å². The SMILES string of the molecule is CCC(C)CC1(C2=CCC(F)C=C2)C2CCC1C1C3CCC3C1C2. The summed E-state index contributed by atoms with van der Waals surface area (Å²) in [5.74, 6) is 6.83. The van der Waals surface area contributed by atoms with Crippen molar-refractivity contribution in [2.75, 3.05) is 0 Å². The Morgan fingerprint density at radius 2 is 2.00 bits per heavy atom. The van der Waals surface area contributed by atoms with Crippen molar-refractivity contribution in [1.82, 2.24) is 0 Å². The summed E-state index contributed by atoms with van der Waals surface area (Å²) in [6.07, 6.45) is 16.3. The first-order valence-electron chi connectivity index (χ1n) is 10.7. The summed E-state index contributed by atoms with van der Waals surface area (Å²) in [7, 11) is 0. The fraction of sp³-hybridized carbons (Fsp3) is 0.826. The third-order valence-corrected chi connectivity index (χ3v) is 9.13. The minimum absolute atomic E-state index is 0.397. The summed E-state index contributed by atoms with van der Waals surface area (Å²) in [6, 6.07) is 0. The highest BCUT2D eigenvalue weighted by molar-refractivity contribution is 5.37. The zero-order chi connectivity index (χ0) is 16.5. The molecule has 9 unspecified atom stereocenters. The average Bonchev–Trinajstić information content (AvgIpc) is 2.80. The standard InChI is InChI=1S/C23H33F/c1-3-14(2)13-23(15-4-7-17(24)8-5-15)16-6-11-21(23)22-19-10-9-18(19)20(22)12-16/h4-5,7,14,16-22H,3,6,8-13H2,1-2H3. The van der Waals surface area contributed by atoms with Crippen LogP contribution >= 0.6 is 0 Å². The highest BCUT2D eigenvalue weighted by Gasteiger charge is 2.68.